The minimum atomic E-state index is -0.665. The van der Waals surface area contributed by atoms with Gasteiger partial charge >= 0.3 is 0 Å². The lowest BCUT2D eigenvalue weighted by atomic mass is 9.94. The van der Waals surface area contributed by atoms with Gasteiger partial charge in [-0.1, -0.05) is 29.7 Å². The van der Waals surface area contributed by atoms with Crippen LogP contribution in [0.4, 0.5) is 9.18 Å². The fourth-order valence-corrected chi connectivity index (χ4v) is 3.62. The molecule has 2 N–H and O–H groups in total. The van der Waals surface area contributed by atoms with E-state index in [1.807, 2.05) is 6.92 Å². The highest BCUT2D eigenvalue weighted by Gasteiger charge is 2.37. The molecule has 1 saturated heterocycles. The lowest BCUT2D eigenvalue weighted by molar-refractivity contribution is -0.128. The summed E-state index contributed by atoms with van der Waals surface area (Å²) >= 11 is 0.940. The molecule has 134 valence electrons. The number of hydrogen-bond donors (Lipinski definition) is 1. The van der Waals surface area contributed by atoms with Crippen LogP contribution in [0.1, 0.15) is 37.7 Å². The van der Waals surface area contributed by atoms with E-state index in [0.29, 0.717) is 4.91 Å². The Morgan fingerprint density at radius 3 is 2.28 bits per heavy atom. The molecule has 3 amide bonds. The van der Waals surface area contributed by atoms with Crippen LogP contribution in [-0.2, 0) is 9.59 Å². The van der Waals surface area contributed by atoms with Gasteiger partial charge in [0.25, 0.3) is 11.1 Å². The highest BCUT2D eigenvalue weighted by molar-refractivity contribution is 8.18. The second kappa shape index (κ2) is 8.80. The summed E-state index contributed by atoms with van der Waals surface area (Å²) in [7, 11) is 0. The third-order valence-corrected chi connectivity index (χ3v) is 5.01. The van der Waals surface area contributed by atoms with Crippen molar-refractivity contribution in [3.8, 4) is 0 Å². The van der Waals surface area contributed by atoms with Gasteiger partial charge in [-0.15, -0.1) is 0 Å². The number of hydrogen-bond acceptors (Lipinski definition) is 4. The Morgan fingerprint density at radius 2 is 1.76 bits per heavy atom. The summed E-state index contributed by atoms with van der Waals surface area (Å²) < 4.78 is 12.1. The second-order valence-electron chi connectivity index (χ2n) is 6.01. The zero-order chi connectivity index (χ0) is 18.4. The quantitative estimate of drug-likeness (QED) is 0.814. The molecule has 2 fully saturated rings. The SMILES string of the molecule is Cc1ccc(F)cc1.NC(=O)CN1C(=O)SC(=C2CCCCC2)C1=O. The Bertz CT molecular complexity index is 672. The van der Waals surface area contributed by atoms with Crippen LogP contribution in [0.3, 0.4) is 0 Å². The van der Waals surface area contributed by atoms with E-state index in [2.05, 4.69) is 0 Å². The normalized spacial score (nSPS) is 17.4. The number of carbonyl (C=O) groups is 3. The Balaban J connectivity index is 0.000000236. The molecule has 2 aliphatic rings. The molecule has 0 radical (unpaired) electrons. The first-order chi connectivity index (χ1) is 11.9. The maximum Gasteiger partial charge on any atom is 0.294 e. The molecule has 3 rings (SSSR count). The second-order valence-corrected chi connectivity index (χ2v) is 6.98. The molecule has 7 heteroatoms. The van der Waals surface area contributed by atoms with Gasteiger partial charge in [-0.2, -0.15) is 0 Å². The van der Waals surface area contributed by atoms with Crippen molar-refractivity contribution in [2.24, 2.45) is 5.73 Å². The molecule has 1 aromatic carbocycles. The number of primary amides is 1. The number of nitrogens with zero attached hydrogens (tertiary/aromatic N) is 1. The number of thioether (sulfide) groups is 1. The molecule has 25 heavy (non-hydrogen) atoms. The van der Waals surface area contributed by atoms with Crippen molar-refractivity contribution in [2.45, 2.75) is 39.0 Å². The zero-order valence-corrected chi connectivity index (χ0v) is 14.9. The van der Waals surface area contributed by atoms with Crippen molar-refractivity contribution < 1.29 is 18.8 Å². The number of nitrogens with two attached hydrogens (primary N) is 1. The van der Waals surface area contributed by atoms with E-state index in [0.717, 1.165) is 53.5 Å². The van der Waals surface area contributed by atoms with E-state index < -0.39 is 5.91 Å². The van der Waals surface area contributed by atoms with Crippen molar-refractivity contribution in [3.63, 3.8) is 0 Å². The predicted octanol–water partition coefficient (Wildman–Crippen LogP) is 3.52. The van der Waals surface area contributed by atoms with Crippen LogP contribution >= 0.6 is 11.8 Å². The molecule has 1 saturated carbocycles. The van der Waals surface area contributed by atoms with E-state index in [1.54, 1.807) is 12.1 Å². The average Bonchev–Trinajstić information content (AvgIpc) is 2.87. The van der Waals surface area contributed by atoms with E-state index in [1.165, 1.54) is 18.6 Å². The minimum absolute atomic E-state index is 0.171. The number of rotatable bonds is 2. The molecule has 1 aliphatic heterocycles. The fourth-order valence-electron chi connectivity index (χ4n) is 2.65. The number of amides is 3. The number of allylic oxidation sites excluding steroid dienone is 1. The third-order valence-electron chi connectivity index (χ3n) is 3.95. The monoisotopic (exact) mass is 364 g/mol. The molecule has 0 spiro atoms. The summed E-state index contributed by atoms with van der Waals surface area (Å²) in [5.41, 5.74) is 7.16. The lowest BCUT2D eigenvalue weighted by Crippen LogP contribution is -2.36. The highest BCUT2D eigenvalue weighted by Crippen LogP contribution is 2.37. The van der Waals surface area contributed by atoms with Gasteiger partial charge in [0.15, 0.2) is 0 Å². The molecular weight excluding hydrogens is 343 g/mol. The Hall–Kier alpha value is -2.15. The average molecular weight is 364 g/mol. The van der Waals surface area contributed by atoms with Crippen molar-refractivity contribution in [1.29, 1.82) is 0 Å². The Kier molecular flexibility index (Phi) is 6.75. The van der Waals surface area contributed by atoms with Crippen LogP contribution < -0.4 is 5.73 Å². The molecule has 0 atom stereocenters. The summed E-state index contributed by atoms with van der Waals surface area (Å²) in [5.74, 6) is -1.19. The van der Waals surface area contributed by atoms with E-state index in [4.69, 9.17) is 5.73 Å². The van der Waals surface area contributed by atoms with Crippen molar-refractivity contribution in [3.05, 3.63) is 46.1 Å². The fraction of sp³-hybridized carbons (Fsp3) is 0.389. The van der Waals surface area contributed by atoms with Crippen LogP contribution in [0.5, 0.6) is 0 Å². The Labute approximate surface area is 150 Å². The van der Waals surface area contributed by atoms with Gasteiger partial charge in [0.1, 0.15) is 12.4 Å². The van der Waals surface area contributed by atoms with E-state index in [-0.39, 0.29) is 23.5 Å². The maximum absolute atomic E-state index is 12.1. The third kappa shape index (κ3) is 5.42. The van der Waals surface area contributed by atoms with Gasteiger partial charge < -0.3 is 5.73 Å². The van der Waals surface area contributed by atoms with E-state index >= 15 is 0 Å². The first kappa shape index (κ1) is 19.2. The molecule has 1 aromatic rings. The summed E-state index contributed by atoms with van der Waals surface area (Å²) in [5, 5.41) is -0.387. The van der Waals surface area contributed by atoms with Gasteiger partial charge in [-0.25, -0.2) is 4.39 Å². The standard InChI is InChI=1S/C11H14N2O3S.C7H7F/c12-8(14)6-13-10(15)9(17-11(13)16)7-4-2-1-3-5-7;1-6-2-4-7(8)5-3-6/h1-6H2,(H2,12,14);2-5H,1H3. The number of halogens is 1. The van der Waals surface area contributed by atoms with Crippen molar-refractivity contribution in [1.82, 2.24) is 4.90 Å². The minimum Gasteiger partial charge on any atom is -0.368 e. The zero-order valence-electron chi connectivity index (χ0n) is 14.1. The summed E-state index contributed by atoms with van der Waals surface area (Å²) in [6, 6.07) is 6.40. The van der Waals surface area contributed by atoms with Gasteiger partial charge in [0.2, 0.25) is 5.91 Å². The van der Waals surface area contributed by atoms with Crippen molar-refractivity contribution in [2.75, 3.05) is 6.54 Å². The van der Waals surface area contributed by atoms with Crippen LogP contribution in [0, 0.1) is 12.7 Å². The largest absolute Gasteiger partial charge is 0.368 e. The van der Waals surface area contributed by atoms with E-state index in [9.17, 15) is 18.8 Å². The topological polar surface area (TPSA) is 80.5 Å². The molecule has 0 aromatic heterocycles. The summed E-state index contributed by atoms with van der Waals surface area (Å²) in [6.45, 7) is 1.61. The molecule has 0 bridgehead atoms. The van der Waals surface area contributed by atoms with Crippen LogP contribution in [0.15, 0.2) is 34.7 Å². The van der Waals surface area contributed by atoms with Gasteiger partial charge in [0.05, 0.1) is 4.91 Å². The number of aryl methyl sites for hydroxylation is 1. The molecule has 1 heterocycles. The van der Waals surface area contributed by atoms with Crippen LogP contribution in [0.2, 0.25) is 0 Å². The highest BCUT2D eigenvalue weighted by atomic mass is 32.2. The lowest BCUT2D eigenvalue weighted by Gasteiger charge is -2.15. The molecule has 0 unspecified atom stereocenters. The summed E-state index contributed by atoms with van der Waals surface area (Å²) in [4.78, 5) is 35.8. The maximum atomic E-state index is 12.1. The van der Waals surface area contributed by atoms with Crippen molar-refractivity contribution >= 4 is 28.8 Å². The first-order valence-electron chi connectivity index (χ1n) is 8.14. The number of benzene rings is 1. The Morgan fingerprint density at radius 1 is 1.16 bits per heavy atom. The molecular formula is C18H21FN2O3S. The molecule has 1 aliphatic carbocycles. The van der Waals surface area contributed by atoms with Gasteiger partial charge in [-0.05, 0) is 56.5 Å². The van der Waals surface area contributed by atoms with Crippen LogP contribution in [0.25, 0.3) is 0 Å². The number of imide groups is 1. The number of carbonyl (C=O) groups excluding carboxylic acids is 3. The van der Waals surface area contributed by atoms with Gasteiger partial charge in [0, 0.05) is 0 Å². The first-order valence-corrected chi connectivity index (χ1v) is 8.96. The van der Waals surface area contributed by atoms with Gasteiger partial charge in [-0.3, -0.25) is 19.3 Å². The summed E-state index contributed by atoms with van der Waals surface area (Å²) in [6.07, 6.45) is 5.07. The predicted molar refractivity (Wildman–Crippen MR) is 95.1 cm³/mol. The van der Waals surface area contributed by atoms with Crippen LogP contribution in [-0.4, -0.2) is 28.5 Å². The smallest absolute Gasteiger partial charge is 0.294 e. The molecule has 5 nitrogen and oxygen atoms in total.